The van der Waals surface area contributed by atoms with Crippen LogP contribution in [0.2, 0.25) is 0 Å². The lowest BCUT2D eigenvalue weighted by Crippen LogP contribution is -2.23. The van der Waals surface area contributed by atoms with Crippen LogP contribution in [0.1, 0.15) is 34.3 Å². The highest BCUT2D eigenvalue weighted by atomic mass is 36.0. The number of aliphatic carboxylic acids is 1. The van der Waals surface area contributed by atoms with E-state index in [0.717, 1.165) is 44.6 Å². The largest absolute Gasteiger partial charge is 0.480 e. The zero-order chi connectivity index (χ0) is 29.6. The van der Waals surface area contributed by atoms with E-state index in [1.807, 2.05) is 0 Å². The summed E-state index contributed by atoms with van der Waals surface area (Å²) < 4.78 is 87.2. The SMILES string of the molecule is CO.COC(=O)C(N)c1cccc(C(F)(F)F)c1.Cl.NC(C(=O)O)c1cccc(C(F)(F)F)c1.O=S(Cl)Cl. The number of benzene rings is 2. The molecule has 2 rings (SSSR count). The molecule has 2 aromatic rings. The minimum Gasteiger partial charge on any atom is -0.480 e. The average molecular weight is 640 g/mol. The molecule has 0 aromatic heterocycles. The lowest BCUT2D eigenvalue weighted by atomic mass is 10.0. The molecule has 0 saturated carbocycles. The van der Waals surface area contributed by atoms with E-state index in [1.54, 1.807) is 0 Å². The Labute approximate surface area is 230 Å². The summed E-state index contributed by atoms with van der Waals surface area (Å²) in [6.45, 7) is 0. The maximum atomic E-state index is 12.4. The Balaban J connectivity index is -0.000000523. The third kappa shape index (κ3) is 16.0. The van der Waals surface area contributed by atoms with Crippen molar-refractivity contribution in [1.82, 2.24) is 0 Å². The second kappa shape index (κ2) is 19.0. The van der Waals surface area contributed by atoms with Crippen LogP contribution < -0.4 is 11.5 Å². The van der Waals surface area contributed by atoms with Gasteiger partial charge in [0.25, 0.3) is 0 Å². The molecule has 0 heterocycles. The molecular weight excluding hydrogens is 617 g/mol. The van der Waals surface area contributed by atoms with Crippen LogP contribution in [0.25, 0.3) is 0 Å². The van der Waals surface area contributed by atoms with Crippen LogP contribution in [0.5, 0.6) is 0 Å². The van der Waals surface area contributed by atoms with Gasteiger partial charge in [-0.3, -0.25) is 9.59 Å². The highest BCUT2D eigenvalue weighted by Crippen LogP contribution is 2.31. The van der Waals surface area contributed by atoms with Crippen molar-refractivity contribution in [2.24, 2.45) is 11.5 Å². The molecule has 0 radical (unpaired) electrons. The van der Waals surface area contributed by atoms with E-state index in [2.05, 4.69) is 26.1 Å². The first kappa shape index (κ1) is 40.4. The van der Waals surface area contributed by atoms with Crippen molar-refractivity contribution in [1.29, 1.82) is 0 Å². The zero-order valence-electron chi connectivity index (χ0n) is 19.3. The summed E-state index contributed by atoms with van der Waals surface area (Å²) in [5.74, 6) is -2.14. The normalized spacial score (nSPS) is 12.1. The Morgan fingerprint density at radius 2 is 1.18 bits per heavy atom. The molecule has 0 saturated heterocycles. The van der Waals surface area contributed by atoms with Crippen molar-refractivity contribution in [2.75, 3.05) is 14.2 Å². The fourth-order valence-corrected chi connectivity index (χ4v) is 2.22. The fourth-order valence-electron chi connectivity index (χ4n) is 2.22. The van der Waals surface area contributed by atoms with Gasteiger partial charge in [0.2, 0.25) is 9.23 Å². The van der Waals surface area contributed by atoms with Crippen LogP contribution in [0.3, 0.4) is 0 Å². The number of carboxylic acids is 1. The number of carbonyl (C=O) groups excluding carboxylic acids is 1. The number of methoxy groups -OCH3 is 1. The van der Waals surface area contributed by atoms with Crippen molar-refractivity contribution in [3.8, 4) is 0 Å². The van der Waals surface area contributed by atoms with Gasteiger partial charge in [-0.1, -0.05) is 24.3 Å². The summed E-state index contributed by atoms with van der Waals surface area (Å²) in [4.78, 5) is 21.5. The monoisotopic (exact) mass is 638 g/mol. The van der Waals surface area contributed by atoms with E-state index in [9.17, 15) is 35.9 Å². The van der Waals surface area contributed by atoms with E-state index in [-0.39, 0.29) is 23.5 Å². The van der Waals surface area contributed by atoms with Gasteiger partial charge in [-0.2, -0.15) is 26.3 Å². The number of ether oxygens (including phenoxy) is 1. The first-order chi connectivity index (χ1) is 16.9. The smallest absolute Gasteiger partial charge is 0.416 e. The quantitative estimate of drug-likeness (QED) is 0.213. The number of carboxylic acid groups (broad SMARTS) is 1. The molecule has 0 aliphatic carbocycles. The van der Waals surface area contributed by atoms with Gasteiger partial charge in [-0.25, -0.2) is 4.21 Å². The topological polar surface area (TPSA) is 153 Å². The molecule has 6 N–H and O–H groups in total. The van der Waals surface area contributed by atoms with Crippen LogP contribution >= 0.6 is 33.8 Å². The highest BCUT2D eigenvalue weighted by molar-refractivity contribution is 8.26. The van der Waals surface area contributed by atoms with Crippen molar-refractivity contribution >= 4 is 54.9 Å². The minimum absolute atomic E-state index is 0. The van der Waals surface area contributed by atoms with E-state index in [4.69, 9.17) is 25.9 Å². The van der Waals surface area contributed by atoms with Gasteiger partial charge in [0.1, 0.15) is 12.1 Å². The maximum Gasteiger partial charge on any atom is 0.416 e. The van der Waals surface area contributed by atoms with Crippen LogP contribution in [-0.2, 0) is 35.9 Å². The summed E-state index contributed by atoms with van der Waals surface area (Å²) in [5.41, 5.74) is 8.85. The molecule has 2 atom stereocenters. The van der Waals surface area contributed by atoms with Gasteiger partial charge in [0, 0.05) is 28.5 Å². The summed E-state index contributed by atoms with van der Waals surface area (Å²) in [7, 11) is 9.48. The van der Waals surface area contributed by atoms with E-state index < -0.39 is 56.7 Å². The molecule has 38 heavy (non-hydrogen) atoms. The molecule has 18 heteroatoms. The van der Waals surface area contributed by atoms with E-state index in [1.165, 1.54) is 18.2 Å². The van der Waals surface area contributed by atoms with Crippen LogP contribution in [-0.4, -0.2) is 40.6 Å². The maximum absolute atomic E-state index is 12.4. The van der Waals surface area contributed by atoms with Gasteiger partial charge < -0.3 is 26.4 Å². The number of hydrogen-bond acceptors (Lipinski definition) is 7. The van der Waals surface area contributed by atoms with Gasteiger partial charge in [0.05, 0.1) is 18.2 Å². The molecule has 0 spiro atoms. The zero-order valence-corrected chi connectivity index (χ0v) is 22.4. The Bertz CT molecular complexity index is 1030. The highest BCUT2D eigenvalue weighted by Gasteiger charge is 2.32. The summed E-state index contributed by atoms with van der Waals surface area (Å²) in [6, 6.07) is 5.61. The number of nitrogens with two attached hydrogens (primary N) is 2. The van der Waals surface area contributed by atoms with E-state index in [0.29, 0.717) is 0 Å². The molecule has 0 amide bonds. The predicted molar refractivity (Wildman–Crippen MR) is 132 cm³/mol. The van der Waals surface area contributed by atoms with Gasteiger partial charge in [0.15, 0.2) is 0 Å². The number of halogens is 9. The number of esters is 1. The number of carbonyl (C=O) groups is 2. The Morgan fingerprint density at radius 3 is 1.45 bits per heavy atom. The van der Waals surface area contributed by atoms with Crippen LogP contribution in [0.15, 0.2) is 48.5 Å². The Kier molecular flexibility index (Phi) is 20.2. The van der Waals surface area contributed by atoms with Crippen LogP contribution in [0, 0.1) is 0 Å². The second-order valence-corrected chi connectivity index (χ2v) is 8.77. The number of alkyl halides is 6. The second-order valence-electron chi connectivity index (χ2n) is 6.25. The molecule has 2 unspecified atom stereocenters. The third-order valence-corrected chi connectivity index (χ3v) is 3.87. The molecule has 218 valence electrons. The molecule has 2 aromatic carbocycles. The number of hydrogen-bond donors (Lipinski definition) is 4. The molecule has 0 aliphatic rings. The molecule has 0 fully saturated rings. The summed E-state index contributed by atoms with van der Waals surface area (Å²) in [6.07, 6.45) is -8.94. The minimum atomic E-state index is -4.49. The van der Waals surface area contributed by atoms with E-state index >= 15 is 0 Å². The molecule has 8 nitrogen and oxygen atoms in total. The fraction of sp³-hybridized carbons (Fsp3) is 0.300. The van der Waals surface area contributed by atoms with Crippen molar-refractivity contribution < 1.29 is 55.1 Å². The lowest BCUT2D eigenvalue weighted by molar-refractivity contribution is -0.143. The van der Waals surface area contributed by atoms with Gasteiger partial charge in [-0.15, -0.1) is 12.4 Å². The number of rotatable bonds is 4. The van der Waals surface area contributed by atoms with Crippen molar-refractivity contribution in [3.63, 3.8) is 0 Å². The van der Waals surface area contributed by atoms with Crippen molar-refractivity contribution in [3.05, 3.63) is 70.8 Å². The number of aliphatic hydroxyl groups excluding tert-OH is 1. The number of aliphatic hydroxyl groups is 1. The summed E-state index contributed by atoms with van der Waals surface area (Å²) >= 11 is 0. The molecule has 0 bridgehead atoms. The lowest BCUT2D eigenvalue weighted by Gasteiger charge is -2.12. The predicted octanol–water partition coefficient (Wildman–Crippen LogP) is 4.74. The molecular formula is C20H23Cl3F6N2O6S. The summed E-state index contributed by atoms with van der Waals surface area (Å²) in [5, 5.41) is 15.5. The Morgan fingerprint density at radius 1 is 0.868 bits per heavy atom. The van der Waals surface area contributed by atoms with Gasteiger partial charge in [-0.05, 0) is 35.4 Å². The van der Waals surface area contributed by atoms with Crippen LogP contribution in [0.4, 0.5) is 26.3 Å². The van der Waals surface area contributed by atoms with Gasteiger partial charge >= 0.3 is 24.3 Å². The Hall–Kier alpha value is -2.14. The standard InChI is InChI=1S/C10H10F3NO2.C9H8F3NO2.CH4O.Cl2OS.ClH/c1-16-9(15)8(14)6-3-2-4-7(5-6)10(11,12)13;10-9(11,12)6-3-1-2-5(4-6)7(13)8(14)15;1-2;1-4(2)3;/h2-5,8H,14H2,1H3;1-4,7H,13H2,(H,14,15);2H,1H3;;1H. The average Bonchev–Trinajstić information content (AvgIpc) is 2.83. The third-order valence-electron chi connectivity index (χ3n) is 3.87. The molecule has 0 aliphatic heterocycles. The van der Waals surface area contributed by atoms with Crippen molar-refractivity contribution in [2.45, 2.75) is 24.4 Å². The first-order valence-electron chi connectivity index (χ1n) is 9.26. The first-order valence-corrected chi connectivity index (χ1v) is 12.1.